The molecule has 0 spiro atoms. The zero-order valence-electron chi connectivity index (χ0n) is 11.2. The number of hydrogen-bond acceptors (Lipinski definition) is 4. The number of aliphatic hydroxyl groups excluding tert-OH is 1. The van der Waals surface area contributed by atoms with Crippen LogP contribution in [0.2, 0.25) is 4.34 Å². The fourth-order valence-electron chi connectivity index (χ4n) is 1.69. The van der Waals surface area contributed by atoms with Gasteiger partial charge in [0.05, 0.1) is 22.7 Å². The van der Waals surface area contributed by atoms with Gasteiger partial charge in [0.2, 0.25) is 5.91 Å². The van der Waals surface area contributed by atoms with Gasteiger partial charge in [-0.05, 0) is 24.5 Å². The molecular formula is C13H20ClNO2S2. The molecule has 19 heavy (non-hydrogen) atoms. The average molecular weight is 322 g/mol. The van der Waals surface area contributed by atoms with Gasteiger partial charge in [-0.15, -0.1) is 23.1 Å². The van der Waals surface area contributed by atoms with E-state index in [4.69, 9.17) is 11.6 Å². The fraction of sp³-hybridized carbons (Fsp3) is 0.615. The van der Waals surface area contributed by atoms with Crippen LogP contribution >= 0.6 is 34.7 Å². The third-order valence-corrected chi connectivity index (χ3v) is 4.84. The Balaban J connectivity index is 2.23. The minimum absolute atomic E-state index is 0.00484. The summed E-state index contributed by atoms with van der Waals surface area (Å²) in [6.45, 7) is 4.14. The van der Waals surface area contributed by atoms with Gasteiger partial charge in [0.15, 0.2) is 0 Å². The van der Waals surface area contributed by atoms with Crippen molar-refractivity contribution in [3.63, 3.8) is 0 Å². The van der Waals surface area contributed by atoms with Crippen LogP contribution in [0.25, 0.3) is 0 Å². The van der Waals surface area contributed by atoms with Crippen molar-refractivity contribution < 1.29 is 9.90 Å². The molecule has 1 unspecified atom stereocenters. The summed E-state index contributed by atoms with van der Waals surface area (Å²) >= 11 is 8.94. The molecule has 1 amide bonds. The van der Waals surface area contributed by atoms with Gasteiger partial charge in [-0.3, -0.25) is 4.79 Å². The average Bonchev–Trinajstić information content (AvgIpc) is 2.73. The summed E-state index contributed by atoms with van der Waals surface area (Å²) in [5, 5.41) is 12.1. The Morgan fingerprint density at radius 1 is 1.53 bits per heavy atom. The molecule has 1 aromatic rings. The zero-order valence-corrected chi connectivity index (χ0v) is 13.6. The van der Waals surface area contributed by atoms with Crippen LogP contribution < -0.4 is 5.32 Å². The molecule has 0 radical (unpaired) electrons. The maximum Gasteiger partial charge on any atom is 0.230 e. The molecule has 0 aliphatic rings. The highest BCUT2D eigenvalue weighted by Crippen LogP contribution is 2.25. The highest BCUT2D eigenvalue weighted by Gasteiger charge is 2.13. The van der Waals surface area contributed by atoms with Crippen LogP contribution in [0.3, 0.4) is 0 Å². The van der Waals surface area contributed by atoms with E-state index in [0.717, 1.165) is 16.5 Å². The molecule has 0 aliphatic carbocycles. The van der Waals surface area contributed by atoms with Crippen molar-refractivity contribution in [3.05, 3.63) is 21.3 Å². The van der Waals surface area contributed by atoms with Gasteiger partial charge in [0.25, 0.3) is 0 Å². The molecule has 6 heteroatoms. The summed E-state index contributed by atoms with van der Waals surface area (Å²) < 4.78 is 0.775. The molecular weight excluding hydrogens is 302 g/mol. The molecule has 0 saturated carbocycles. The molecule has 1 atom stereocenters. The predicted molar refractivity (Wildman–Crippen MR) is 84.0 cm³/mol. The van der Waals surface area contributed by atoms with E-state index in [0.29, 0.717) is 11.7 Å². The van der Waals surface area contributed by atoms with Crippen LogP contribution in [0.5, 0.6) is 0 Å². The third-order valence-electron chi connectivity index (χ3n) is 2.45. The van der Waals surface area contributed by atoms with Crippen LogP contribution in [-0.4, -0.2) is 29.4 Å². The summed E-state index contributed by atoms with van der Waals surface area (Å²) in [6, 6.07) is 3.71. The van der Waals surface area contributed by atoms with E-state index >= 15 is 0 Å². The summed E-state index contributed by atoms with van der Waals surface area (Å²) in [5.74, 6) is 1.63. The lowest BCUT2D eigenvalue weighted by atomic mass is 10.0. The number of thioether (sulfide) groups is 1. The zero-order chi connectivity index (χ0) is 14.3. The Kier molecular flexibility index (Phi) is 7.83. The van der Waals surface area contributed by atoms with Crippen molar-refractivity contribution in [1.82, 2.24) is 5.32 Å². The van der Waals surface area contributed by atoms with Crippen molar-refractivity contribution in [1.29, 1.82) is 0 Å². The normalized spacial score (nSPS) is 12.7. The Hall–Kier alpha value is -0.230. The number of nitrogens with one attached hydrogen (secondary N) is 1. The second-order valence-electron chi connectivity index (χ2n) is 4.78. The second kappa shape index (κ2) is 8.84. The molecule has 1 heterocycles. The molecule has 1 rings (SSSR count). The standard InChI is InChI=1S/C13H20ClNO2S2/c1-9(2)5-10(6-16)15-13(17)8-18-7-11-3-4-12(14)19-11/h3-4,9-10,16H,5-8H2,1-2H3,(H,15,17). The maximum atomic E-state index is 11.7. The fourth-order valence-corrected chi connectivity index (χ4v) is 3.73. The van der Waals surface area contributed by atoms with E-state index in [1.54, 1.807) is 11.8 Å². The predicted octanol–water partition coefficient (Wildman–Crippen LogP) is 3.16. The van der Waals surface area contributed by atoms with Crippen molar-refractivity contribution >= 4 is 40.6 Å². The molecule has 0 aromatic carbocycles. The van der Waals surface area contributed by atoms with Gasteiger partial charge in [0.1, 0.15) is 0 Å². The van der Waals surface area contributed by atoms with Crippen LogP contribution in [0, 0.1) is 5.92 Å². The van der Waals surface area contributed by atoms with Gasteiger partial charge >= 0.3 is 0 Å². The maximum absolute atomic E-state index is 11.7. The molecule has 1 aromatic heterocycles. The van der Waals surface area contributed by atoms with Crippen LogP contribution in [0.4, 0.5) is 0 Å². The smallest absolute Gasteiger partial charge is 0.230 e. The van der Waals surface area contributed by atoms with Crippen molar-refractivity contribution in [2.75, 3.05) is 12.4 Å². The Labute approximate surface area is 127 Å². The van der Waals surface area contributed by atoms with Gasteiger partial charge in [-0.2, -0.15) is 0 Å². The topological polar surface area (TPSA) is 49.3 Å². The second-order valence-corrected chi connectivity index (χ2v) is 7.56. The molecule has 2 N–H and O–H groups in total. The highest BCUT2D eigenvalue weighted by atomic mass is 35.5. The van der Waals surface area contributed by atoms with Crippen LogP contribution in [-0.2, 0) is 10.5 Å². The molecule has 0 aliphatic heterocycles. The van der Waals surface area contributed by atoms with E-state index in [1.165, 1.54) is 16.2 Å². The molecule has 3 nitrogen and oxygen atoms in total. The number of halogens is 1. The molecule has 108 valence electrons. The van der Waals surface area contributed by atoms with E-state index in [2.05, 4.69) is 19.2 Å². The van der Waals surface area contributed by atoms with E-state index in [9.17, 15) is 9.90 Å². The summed E-state index contributed by atoms with van der Waals surface area (Å²) in [4.78, 5) is 12.9. The lowest BCUT2D eigenvalue weighted by Crippen LogP contribution is -2.39. The number of amides is 1. The van der Waals surface area contributed by atoms with Gasteiger partial charge in [-0.25, -0.2) is 0 Å². The number of carbonyl (C=O) groups excluding carboxylic acids is 1. The number of rotatable bonds is 8. The molecule has 0 bridgehead atoms. The molecule has 0 saturated heterocycles. The van der Waals surface area contributed by atoms with E-state index in [-0.39, 0.29) is 18.6 Å². The number of carbonyl (C=O) groups is 1. The number of hydrogen-bond donors (Lipinski definition) is 2. The SMILES string of the molecule is CC(C)CC(CO)NC(=O)CSCc1ccc(Cl)s1. The Morgan fingerprint density at radius 3 is 2.79 bits per heavy atom. The first kappa shape index (κ1) is 16.8. The summed E-state index contributed by atoms with van der Waals surface area (Å²) in [5.41, 5.74) is 0. The monoisotopic (exact) mass is 321 g/mol. The van der Waals surface area contributed by atoms with Crippen LogP contribution in [0.1, 0.15) is 25.1 Å². The van der Waals surface area contributed by atoms with Gasteiger partial charge in [0, 0.05) is 10.6 Å². The van der Waals surface area contributed by atoms with Crippen LogP contribution in [0.15, 0.2) is 12.1 Å². The minimum Gasteiger partial charge on any atom is -0.394 e. The lowest BCUT2D eigenvalue weighted by molar-refractivity contribution is -0.119. The number of aliphatic hydroxyl groups is 1. The van der Waals surface area contributed by atoms with Crippen molar-refractivity contribution in [2.24, 2.45) is 5.92 Å². The lowest BCUT2D eigenvalue weighted by Gasteiger charge is -2.18. The van der Waals surface area contributed by atoms with Gasteiger partial charge < -0.3 is 10.4 Å². The largest absolute Gasteiger partial charge is 0.394 e. The summed E-state index contributed by atoms with van der Waals surface area (Å²) in [7, 11) is 0. The Bertz CT molecular complexity index is 396. The Morgan fingerprint density at radius 2 is 2.26 bits per heavy atom. The highest BCUT2D eigenvalue weighted by molar-refractivity contribution is 7.99. The first-order valence-corrected chi connectivity index (χ1v) is 8.58. The quantitative estimate of drug-likeness (QED) is 0.773. The molecule has 0 fully saturated rings. The first-order chi connectivity index (χ1) is 9.01. The minimum atomic E-state index is -0.135. The van der Waals surface area contributed by atoms with E-state index in [1.807, 2.05) is 12.1 Å². The number of thiophene rings is 1. The van der Waals surface area contributed by atoms with Crippen molar-refractivity contribution in [3.8, 4) is 0 Å². The first-order valence-electron chi connectivity index (χ1n) is 6.23. The van der Waals surface area contributed by atoms with E-state index < -0.39 is 0 Å². The van der Waals surface area contributed by atoms with Gasteiger partial charge in [-0.1, -0.05) is 25.4 Å². The summed E-state index contributed by atoms with van der Waals surface area (Å²) in [6.07, 6.45) is 0.799. The third kappa shape index (κ3) is 7.20. The van der Waals surface area contributed by atoms with Crippen molar-refractivity contribution in [2.45, 2.75) is 32.1 Å².